The van der Waals surface area contributed by atoms with Crippen LogP contribution in [-0.4, -0.2) is 17.0 Å². The van der Waals surface area contributed by atoms with Gasteiger partial charge in [-0.15, -0.1) is 0 Å². The first-order chi connectivity index (χ1) is 8.49. The van der Waals surface area contributed by atoms with Crippen LogP contribution in [0.5, 0.6) is 0 Å². The number of nitrogens with zero attached hydrogens (tertiary/aromatic N) is 3. The van der Waals surface area contributed by atoms with Crippen molar-refractivity contribution in [1.82, 2.24) is 9.97 Å². The van der Waals surface area contributed by atoms with Crippen molar-refractivity contribution in [2.45, 2.75) is 20.8 Å². The van der Waals surface area contributed by atoms with Gasteiger partial charge in [-0.2, -0.15) is 0 Å². The van der Waals surface area contributed by atoms with E-state index in [1.807, 2.05) is 18.9 Å². The molecule has 0 radical (unpaired) electrons. The first-order valence-electron chi connectivity index (χ1n) is 5.88. The number of rotatable bonds is 2. The van der Waals surface area contributed by atoms with E-state index in [1.54, 1.807) is 0 Å². The number of benzene rings is 1. The van der Waals surface area contributed by atoms with Crippen molar-refractivity contribution in [2.24, 2.45) is 0 Å². The maximum Gasteiger partial charge on any atom is 0.141 e. The molecule has 2 rings (SSSR count). The van der Waals surface area contributed by atoms with E-state index in [0.717, 1.165) is 17.1 Å². The van der Waals surface area contributed by atoms with Gasteiger partial charge >= 0.3 is 0 Å². The molecule has 1 aromatic carbocycles. The normalized spacial score (nSPS) is 10.4. The molecule has 2 aromatic rings. The summed E-state index contributed by atoms with van der Waals surface area (Å²) in [5.74, 6) is 1.36. The molecule has 0 saturated heterocycles. The molecular formula is C14H18N4. The van der Waals surface area contributed by atoms with Crippen LogP contribution in [0.4, 0.5) is 17.3 Å². The SMILES string of the molecule is Cc1cc(C)cc(N(C)c2ncnc(N)c2C)c1. The summed E-state index contributed by atoms with van der Waals surface area (Å²) in [5, 5.41) is 0. The Bertz CT molecular complexity index is 558. The van der Waals surface area contributed by atoms with Gasteiger partial charge in [0.1, 0.15) is 18.0 Å². The highest BCUT2D eigenvalue weighted by Gasteiger charge is 2.11. The highest BCUT2D eigenvalue weighted by Crippen LogP contribution is 2.27. The van der Waals surface area contributed by atoms with Gasteiger partial charge in [-0.25, -0.2) is 9.97 Å². The van der Waals surface area contributed by atoms with E-state index in [-0.39, 0.29) is 0 Å². The van der Waals surface area contributed by atoms with Crippen molar-refractivity contribution in [3.05, 3.63) is 41.2 Å². The maximum atomic E-state index is 5.82. The number of hydrogen-bond donors (Lipinski definition) is 1. The summed E-state index contributed by atoms with van der Waals surface area (Å²) in [5.41, 5.74) is 10.3. The van der Waals surface area contributed by atoms with E-state index in [9.17, 15) is 0 Å². The zero-order valence-corrected chi connectivity index (χ0v) is 11.2. The van der Waals surface area contributed by atoms with Gasteiger partial charge in [-0.3, -0.25) is 0 Å². The van der Waals surface area contributed by atoms with Crippen molar-refractivity contribution >= 4 is 17.3 Å². The topological polar surface area (TPSA) is 55.0 Å². The van der Waals surface area contributed by atoms with Crippen molar-refractivity contribution in [1.29, 1.82) is 0 Å². The Morgan fingerprint density at radius 2 is 1.61 bits per heavy atom. The summed E-state index contributed by atoms with van der Waals surface area (Å²) in [7, 11) is 1.99. The van der Waals surface area contributed by atoms with Gasteiger partial charge in [0.2, 0.25) is 0 Å². The van der Waals surface area contributed by atoms with Crippen LogP contribution in [0.25, 0.3) is 0 Å². The van der Waals surface area contributed by atoms with Gasteiger partial charge in [0.05, 0.1) is 0 Å². The minimum absolute atomic E-state index is 0.524. The van der Waals surface area contributed by atoms with Crippen LogP contribution in [0.3, 0.4) is 0 Å². The largest absolute Gasteiger partial charge is 0.383 e. The second-order valence-electron chi connectivity index (χ2n) is 4.61. The fourth-order valence-electron chi connectivity index (χ4n) is 2.06. The summed E-state index contributed by atoms with van der Waals surface area (Å²) in [4.78, 5) is 10.3. The third kappa shape index (κ3) is 2.27. The first-order valence-corrected chi connectivity index (χ1v) is 5.88. The van der Waals surface area contributed by atoms with Crippen LogP contribution in [0.1, 0.15) is 16.7 Å². The lowest BCUT2D eigenvalue weighted by atomic mass is 10.1. The molecule has 4 heteroatoms. The fraction of sp³-hybridized carbons (Fsp3) is 0.286. The Labute approximate surface area is 107 Å². The number of nitrogen functional groups attached to an aromatic ring is 1. The monoisotopic (exact) mass is 242 g/mol. The fourth-order valence-corrected chi connectivity index (χ4v) is 2.06. The molecule has 0 spiro atoms. The average Bonchev–Trinajstić information content (AvgIpc) is 2.30. The molecule has 0 amide bonds. The standard InChI is InChI=1S/C14H18N4/c1-9-5-10(2)7-12(6-9)18(4)14-11(3)13(15)16-8-17-14/h5-8H,1-4H3,(H2,15,16,17). The van der Waals surface area contributed by atoms with E-state index in [2.05, 4.69) is 42.0 Å². The molecule has 0 aliphatic rings. The number of aromatic nitrogens is 2. The maximum absolute atomic E-state index is 5.82. The Kier molecular flexibility index (Phi) is 3.19. The molecule has 0 fully saturated rings. The number of anilines is 3. The van der Waals surface area contributed by atoms with Crippen molar-refractivity contribution in [3.8, 4) is 0 Å². The van der Waals surface area contributed by atoms with Gasteiger partial charge in [0.25, 0.3) is 0 Å². The molecule has 0 bridgehead atoms. The van der Waals surface area contributed by atoms with Crippen LogP contribution in [0.2, 0.25) is 0 Å². The lowest BCUT2D eigenvalue weighted by Gasteiger charge is -2.21. The zero-order chi connectivity index (χ0) is 13.3. The summed E-state index contributed by atoms with van der Waals surface area (Å²) < 4.78 is 0. The molecule has 1 heterocycles. The van der Waals surface area contributed by atoms with E-state index in [0.29, 0.717) is 5.82 Å². The summed E-state index contributed by atoms with van der Waals surface area (Å²) in [6.45, 7) is 6.11. The van der Waals surface area contributed by atoms with Gasteiger partial charge in [-0.05, 0) is 44.0 Å². The molecular weight excluding hydrogens is 224 g/mol. The average molecular weight is 242 g/mol. The molecule has 0 unspecified atom stereocenters. The molecule has 0 atom stereocenters. The Morgan fingerprint density at radius 1 is 1.00 bits per heavy atom. The summed E-state index contributed by atoms with van der Waals surface area (Å²) >= 11 is 0. The minimum Gasteiger partial charge on any atom is -0.383 e. The van der Waals surface area contributed by atoms with Gasteiger partial charge in [-0.1, -0.05) is 6.07 Å². The van der Waals surface area contributed by atoms with Crippen molar-refractivity contribution < 1.29 is 0 Å². The second-order valence-corrected chi connectivity index (χ2v) is 4.61. The van der Waals surface area contributed by atoms with E-state index in [1.165, 1.54) is 17.5 Å². The molecule has 4 nitrogen and oxygen atoms in total. The Morgan fingerprint density at radius 3 is 2.22 bits per heavy atom. The predicted octanol–water partition coefficient (Wildman–Crippen LogP) is 2.75. The first kappa shape index (κ1) is 12.4. The molecule has 0 aliphatic carbocycles. The lowest BCUT2D eigenvalue weighted by molar-refractivity contribution is 1.05. The number of nitrogens with two attached hydrogens (primary N) is 1. The van der Waals surface area contributed by atoms with Crippen molar-refractivity contribution in [3.63, 3.8) is 0 Å². The molecule has 94 valence electrons. The van der Waals surface area contributed by atoms with E-state index < -0.39 is 0 Å². The van der Waals surface area contributed by atoms with Gasteiger partial charge in [0, 0.05) is 18.3 Å². The predicted molar refractivity (Wildman–Crippen MR) is 75.2 cm³/mol. The number of aryl methyl sites for hydroxylation is 2. The van der Waals surface area contributed by atoms with Gasteiger partial charge < -0.3 is 10.6 Å². The second kappa shape index (κ2) is 4.64. The smallest absolute Gasteiger partial charge is 0.141 e. The highest BCUT2D eigenvalue weighted by molar-refractivity contribution is 5.66. The lowest BCUT2D eigenvalue weighted by Crippen LogP contribution is -2.14. The number of hydrogen-bond acceptors (Lipinski definition) is 4. The van der Waals surface area contributed by atoms with Crippen LogP contribution < -0.4 is 10.6 Å². The molecule has 0 saturated carbocycles. The van der Waals surface area contributed by atoms with E-state index in [4.69, 9.17) is 5.73 Å². The highest BCUT2D eigenvalue weighted by atomic mass is 15.2. The third-order valence-corrected chi connectivity index (χ3v) is 3.01. The Balaban J connectivity index is 2.47. The molecule has 2 N–H and O–H groups in total. The molecule has 1 aromatic heterocycles. The quantitative estimate of drug-likeness (QED) is 0.879. The van der Waals surface area contributed by atoms with Crippen LogP contribution >= 0.6 is 0 Å². The van der Waals surface area contributed by atoms with Crippen molar-refractivity contribution in [2.75, 3.05) is 17.7 Å². The third-order valence-electron chi connectivity index (χ3n) is 3.01. The van der Waals surface area contributed by atoms with Crippen LogP contribution in [-0.2, 0) is 0 Å². The summed E-state index contributed by atoms with van der Waals surface area (Å²) in [6.07, 6.45) is 1.50. The van der Waals surface area contributed by atoms with Gasteiger partial charge in [0.15, 0.2) is 0 Å². The van der Waals surface area contributed by atoms with E-state index >= 15 is 0 Å². The zero-order valence-electron chi connectivity index (χ0n) is 11.2. The Hall–Kier alpha value is -2.10. The summed E-state index contributed by atoms with van der Waals surface area (Å²) in [6, 6.07) is 6.41. The van der Waals surface area contributed by atoms with Crippen LogP contribution in [0, 0.1) is 20.8 Å². The van der Waals surface area contributed by atoms with Crippen LogP contribution in [0.15, 0.2) is 24.5 Å². The molecule has 0 aliphatic heterocycles. The minimum atomic E-state index is 0.524. The molecule has 18 heavy (non-hydrogen) atoms.